The molecule has 0 aromatic heterocycles. The van der Waals surface area contributed by atoms with E-state index < -0.39 is 0 Å². The highest BCUT2D eigenvalue weighted by molar-refractivity contribution is 5.89. The van der Waals surface area contributed by atoms with Crippen molar-refractivity contribution in [3.63, 3.8) is 0 Å². The van der Waals surface area contributed by atoms with E-state index in [1.807, 2.05) is 24.3 Å². The molecule has 57 heavy (non-hydrogen) atoms. The van der Waals surface area contributed by atoms with Crippen molar-refractivity contribution in [1.82, 2.24) is 0 Å². The standard InChI is InChI=1S/C53H40N2O2/c1-53(2)43-32-36(27-29-41(43)42-30-28-40(34-44(42)53)55-47-19-5-9-23-51(47)57-52-24-10-6-20-48(52)55)26-25-35-13-11-14-37(31-35)38-15-12-16-39(33-38)54-45-17-3-7-21-49(45)56-50-22-8-4-18-46(50)54/h3-34,47,51H,1-2H3. The number of ether oxygens (including phenoxy) is 2. The molecule has 0 radical (unpaired) electrons. The van der Waals surface area contributed by atoms with Gasteiger partial charge in [0.1, 0.15) is 11.9 Å². The summed E-state index contributed by atoms with van der Waals surface area (Å²) in [5, 5.41) is 0. The van der Waals surface area contributed by atoms with Crippen molar-refractivity contribution in [2.75, 3.05) is 9.80 Å². The predicted octanol–water partition coefficient (Wildman–Crippen LogP) is 13.8. The Kier molecular flexibility index (Phi) is 7.62. The zero-order valence-electron chi connectivity index (χ0n) is 31.8. The zero-order valence-corrected chi connectivity index (χ0v) is 31.8. The van der Waals surface area contributed by atoms with Crippen LogP contribution in [0.3, 0.4) is 0 Å². The van der Waals surface area contributed by atoms with Crippen molar-refractivity contribution in [3.8, 4) is 39.5 Å². The Labute approximate surface area is 333 Å². The lowest BCUT2D eigenvalue weighted by atomic mass is 9.81. The third kappa shape index (κ3) is 5.51. The van der Waals surface area contributed by atoms with Crippen LogP contribution in [-0.2, 0) is 5.41 Å². The van der Waals surface area contributed by atoms with Gasteiger partial charge in [0.15, 0.2) is 11.5 Å². The second-order valence-corrected chi connectivity index (χ2v) is 15.7. The Morgan fingerprint density at radius 1 is 0.509 bits per heavy atom. The second-order valence-electron chi connectivity index (χ2n) is 15.7. The van der Waals surface area contributed by atoms with E-state index in [0.717, 1.165) is 51.1 Å². The lowest BCUT2D eigenvalue weighted by Gasteiger charge is -2.42. The van der Waals surface area contributed by atoms with E-state index in [2.05, 4.69) is 194 Å². The number of rotatable bonds is 5. The molecule has 2 atom stereocenters. The van der Waals surface area contributed by atoms with E-state index >= 15 is 0 Å². The van der Waals surface area contributed by atoms with Crippen LogP contribution < -0.4 is 19.3 Å². The quantitative estimate of drug-likeness (QED) is 0.164. The van der Waals surface area contributed by atoms with E-state index in [-0.39, 0.29) is 17.6 Å². The zero-order chi connectivity index (χ0) is 38.1. The molecule has 0 bridgehead atoms. The van der Waals surface area contributed by atoms with Crippen LogP contribution in [0.15, 0.2) is 182 Å². The van der Waals surface area contributed by atoms with Gasteiger partial charge in [-0.25, -0.2) is 0 Å². The normalized spacial score (nSPS) is 17.8. The Morgan fingerprint density at radius 3 is 1.89 bits per heavy atom. The number of hydrogen-bond acceptors (Lipinski definition) is 4. The molecule has 2 aliphatic heterocycles. The SMILES string of the molecule is CC1(C)c2cc(C=Cc3cccc(-c4cccc(N5c6ccccc6Oc6ccccc65)c4)c3)ccc2-c2ccc(N3c4ccccc4OC4C=CC=CC43)cc21. The molecule has 0 amide bonds. The topological polar surface area (TPSA) is 24.9 Å². The predicted molar refractivity (Wildman–Crippen MR) is 235 cm³/mol. The van der Waals surface area contributed by atoms with Crippen LogP contribution in [0.2, 0.25) is 0 Å². The summed E-state index contributed by atoms with van der Waals surface area (Å²) in [4.78, 5) is 4.74. The third-order valence-electron chi connectivity index (χ3n) is 11.9. The molecule has 7 aromatic rings. The lowest BCUT2D eigenvalue weighted by molar-refractivity contribution is 0.218. The van der Waals surface area contributed by atoms with Gasteiger partial charge in [-0.15, -0.1) is 0 Å². The lowest BCUT2D eigenvalue weighted by Crippen LogP contribution is -2.46. The summed E-state index contributed by atoms with van der Waals surface area (Å²) in [6.45, 7) is 4.72. The summed E-state index contributed by atoms with van der Waals surface area (Å²) in [6, 6.07) is 56.4. The summed E-state index contributed by atoms with van der Waals surface area (Å²) >= 11 is 0. The Bertz CT molecular complexity index is 2780. The highest BCUT2D eigenvalue weighted by Gasteiger charge is 2.39. The molecule has 2 heterocycles. The molecule has 2 aliphatic carbocycles. The number of allylic oxidation sites excluding steroid dienone is 2. The molecule has 0 saturated heterocycles. The van der Waals surface area contributed by atoms with Crippen molar-refractivity contribution in [2.24, 2.45) is 0 Å². The van der Waals surface area contributed by atoms with Crippen molar-refractivity contribution in [2.45, 2.75) is 31.4 Å². The summed E-state index contributed by atoms with van der Waals surface area (Å²) in [7, 11) is 0. The van der Waals surface area contributed by atoms with Crippen molar-refractivity contribution < 1.29 is 9.47 Å². The minimum Gasteiger partial charge on any atom is -0.482 e. The first kappa shape index (κ1) is 33.3. The van der Waals surface area contributed by atoms with Crippen LogP contribution in [-0.4, -0.2) is 12.1 Å². The fourth-order valence-electron chi connectivity index (χ4n) is 9.11. The Hall–Kier alpha value is -7.04. The van der Waals surface area contributed by atoms with Crippen LogP contribution >= 0.6 is 0 Å². The number of benzene rings is 7. The minimum absolute atomic E-state index is 0.0324. The highest BCUT2D eigenvalue weighted by Crippen LogP contribution is 2.53. The number of nitrogens with zero attached hydrogens (tertiary/aromatic N) is 2. The molecule has 2 unspecified atom stereocenters. The van der Waals surface area contributed by atoms with Gasteiger partial charge in [0, 0.05) is 16.8 Å². The number of fused-ring (bicyclic) bond motifs is 7. The summed E-state index contributed by atoms with van der Waals surface area (Å²) < 4.78 is 12.7. The monoisotopic (exact) mass is 736 g/mol. The van der Waals surface area contributed by atoms with Crippen molar-refractivity contribution in [3.05, 3.63) is 204 Å². The molecule has 0 saturated carbocycles. The van der Waals surface area contributed by atoms with E-state index in [4.69, 9.17) is 9.47 Å². The summed E-state index contributed by atoms with van der Waals surface area (Å²) in [5.74, 6) is 2.62. The smallest absolute Gasteiger partial charge is 0.151 e. The molecule has 4 aliphatic rings. The molecule has 4 heteroatoms. The van der Waals surface area contributed by atoms with Gasteiger partial charge in [-0.3, -0.25) is 0 Å². The molecular formula is C53H40N2O2. The number of para-hydroxylation sites is 6. The van der Waals surface area contributed by atoms with Crippen molar-refractivity contribution >= 4 is 40.6 Å². The molecular weight excluding hydrogens is 697 g/mol. The van der Waals surface area contributed by atoms with Gasteiger partial charge in [-0.05, 0) is 117 Å². The van der Waals surface area contributed by atoms with E-state index in [1.54, 1.807) is 0 Å². The molecule has 11 rings (SSSR count). The average Bonchev–Trinajstić information content (AvgIpc) is 3.48. The van der Waals surface area contributed by atoms with E-state index in [9.17, 15) is 0 Å². The number of hydrogen-bond donors (Lipinski definition) is 0. The minimum atomic E-state index is -0.162. The fourth-order valence-corrected chi connectivity index (χ4v) is 9.11. The molecule has 0 N–H and O–H groups in total. The van der Waals surface area contributed by atoms with Crippen LogP contribution in [0.25, 0.3) is 34.4 Å². The highest BCUT2D eigenvalue weighted by atomic mass is 16.5. The average molecular weight is 737 g/mol. The fraction of sp³-hybridized carbons (Fsp3) is 0.0943. The van der Waals surface area contributed by atoms with Crippen LogP contribution in [0.4, 0.5) is 28.4 Å². The van der Waals surface area contributed by atoms with E-state index in [1.165, 1.54) is 39.1 Å². The largest absolute Gasteiger partial charge is 0.482 e. The molecule has 274 valence electrons. The first-order valence-corrected chi connectivity index (χ1v) is 19.7. The van der Waals surface area contributed by atoms with Crippen LogP contribution in [0, 0.1) is 0 Å². The first-order valence-electron chi connectivity index (χ1n) is 19.7. The number of anilines is 5. The summed E-state index contributed by atoms with van der Waals surface area (Å²) in [6.07, 6.45) is 13.1. The molecule has 4 nitrogen and oxygen atoms in total. The van der Waals surface area contributed by atoms with Gasteiger partial charge in [0.05, 0.1) is 23.1 Å². The summed E-state index contributed by atoms with van der Waals surface area (Å²) in [5.41, 5.74) is 15.3. The third-order valence-corrected chi connectivity index (χ3v) is 11.9. The maximum absolute atomic E-state index is 6.43. The molecule has 0 spiro atoms. The second kappa shape index (κ2) is 13.0. The Morgan fingerprint density at radius 2 is 1.12 bits per heavy atom. The Balaban J connectivity index is 0.881. The van der Waals surface area contributed by atoms with Crippen LogP contribution in [0.5, 0.6) is 17.2 Å². The van der Waals surface area contributed by atoms with Crippen molar-refractivity contribution in [1.29, 1.82) is 0 Å². The van der Waals surface area contributed by atoms with Gasteiger partial charge < -0.3 is 19.3 Å². The maximum Gasteiger partial charge on any atom is 0.151 e. The van der Waals surface area contributed by atoms with E-state index in [0.29, 0.717) is 0 Å². The molecule has 7 aromatic carbocycles. The van der Waals surface area contributed by atoms with Gasteiger partial charge in [0.2, 0.25) is 0 Å². The van der Waals surface area contributed by atoms with Gasteiger partial charge in [-0.2, -0.15) is 0 Å². The first-order chi connectivity index (χ1) is 28.0. The van der Waals surface area contributed by atoms with Crippen LogP contribution in [0.1, 0.15) is 36.1 Å². The maximum atomic E-state index is 6.43. The van der Waals surface area contributed by atoms with Gasteiger partial charge in [0.25, 0.3) is 0 Å². The van der Waals surface area contributed by atoms with Gasteiger partial charge in [-0.1, -0.05) is 135 Å². The van der Waals surface area contributed by atoms with Gasteiger partial charge >= 0.3 is 0 Å². The molecule has 0 fully saturated rings.